The van der Waals surface area contributed by atoms with Gasteiger partial charge in [0.2, 0.25) is 0 Å². The Balaban J connectivity index is 2.11. The summed E-state index contributed by atoms with van der Waals surface area (Å²) in [6.07, 6.45) is 0. The first-order valence-electron chi connectivity index (χ1n) is 8.11. The molecule has 0 fully saturated rings. The Morgan fingerprint density at radius 2 is 1.50 bits per heavy atom. The zero-order valence-corrected chi connectivity index (χ0v) is 15.6. The molecule has 0 N–H and O–H groups in total. The SMILES string of the molecule is Cn1c(-c2ccc([Si](C)(C)C)cc2)cc(-c2ccccc2)nc1=O. The molecule has 1 aromatic heterocycles. The van der Waals surface area contributed by atoms with Crippen LogP contribution in [-0.4, -0.2) is 17.6 Å². The smallest absolute Gasteiger partial charge is 0.295 e. The second-order valence-electron chi connectivity index (χ2n) is 7.06. The van der Waals surface area contributed by atoms with Gasteiger partial charge in [0.15, 0.2) is 0 Å². The van der Waals surface area contributed by atoms with Crippen LogP contribution in [0.4, 0.5) is 0 Å². The summed E-state index contributed by atoms with van der Waals surface area (Å²) in [6, 6.07) is 20.4. The summed E-state index contributed by atoms with van der Waals surface area (Å²) >= 11 is 0. The highest BCUT2D eigenvalue weighted by molar-refractivity contribution is 6.88. The third kappa shape index (κ3) is 3.24. The molecule has 4 heteroatoms. The second-order valence-corrected chi connectivity index (χ2v) is 12.1. The Morgan fingerprint density at radius 3 is 2.08 bits per heavy atom. The molecular formula is C20H22N2OSi. The van der Waals surface area contributed by atoms with E-state index in [1.165, 1.54) is 5.19 Å². The molecule has 0 radical (unpaired) electrons. The molecule has 24 heavy (non-hydrogen) atoms. The summed E-state index contributed by atoms with van der Waals surface area (Å²) < 4.78 is 1.61. The molecule has 1 heterocycles. The number of aromatic nitrogens is 2. The Bertz CT molecular complexity index is 907. The molecule has 0 aliphatic rings. The summed E-state index contributed by atoms with van der Waals surface area (Å²) in [6.45, 7) is 6.99. The van der Waals surface area contributed by atoms with Crippen LogP contribution in [0, 0.1) is 0 Å². The maximum absolute atomic E-state index is 12.3. The second kappa shape index (κ2) is 6.21. The van der Waals surface area contributed by atoms with Gasteiger partial charge in [0.1, 0.15) is 0 Å². The highest BCUT2D eigenvalue weighted by Gasteiger charge is 2.16. The molecule has 3 rings (SSSR count). The Hall–Kier alpha value is -2.46. The molecule has 0 amide bonds. The van der Waals surface area contributed by atoms with Crippen LogP contribution >= 0.6 is 0 Å². The van der Waals surface area contributed by atoms with E-state index in [0.717, 1.165) is 16.8 Å². The molecule has 2 aromatic carbocycles. The van der Waals surface area contributed by atoms with Crippen molar-refractivity contribution < 1.29 is 0 Å². The summed E-state index contributed by atoms with van der Waals surface area (Å²) in [5, 5.41) is 1.41. The van der Waals surface area contributed by atoms with Crippen molar-refractivity contribution in [1.29, 1.82) is 0 Å². The maximum atomic E-state index is 12.3. The van der Waals surface area contributed by atoms with Crippen molar-refractivity contribution in [2.45, 2.75) is 19.6 Å². The average molecular weight is 334 g/mol. The maximum Gasteiger partial charge on any atom is 0.348 e. The van der Waals surface area contributed by atoms with Crippen LogP contribution in [0.5, 0.6) is 0 Å². The van der Waals surface area contributed by atoms with Gasteiger partial charge in [0.05, 0.1) is 19.5 Å². The van der Waals surface area contributed by atoms with Crippen LogP contribution in [0.1, 0.15) is 0 Å². The third-order valence-corrected chi connectivity index (χ3v) is 6.32. The quantitative estimate of drug-likeness (QED) is 0.685. The molecule has 0 spiro atoms. The minimum Gasteiger partial charge on any atom is -0.295 e. The van der Waals surface area contributed by atoms with Crippen LogP contribution in [-0.2, 0) is 7.05 Å². The minimum absolute atomic E-state index is 0.236. The zero-order chi connectivity index (χ0) is 17.3. The van der Waals surface area contributed by atoms with Gasteiger partial charge < -0.3 is 0 Å². The van der Waals surface area contributed by atoms with Gasteiger partial charge >= 0.3 is 5.69 Å². The van der Waals surface area contributed by atoms with Gasteiger partial charge in [-0.25, -0.2) is 4.79 Å². The van der Waals surface area contributed by atoms with E-state index in [-0.39, 0.29) is 5.69 Å². The summed E-state index contributed by atoms with van der Waals surface area (Å²) in [5.74, 6) is 0. The molecule has 3 nitrogen and oxygen atoms in total. The predicted octanol–water partition coefficient (Wildman–Crippen LogP) is 3.66. The van der Waals surface area contributed by atoms with E-state index in [4.69, 9.17) is 0 Å². The Morgan fingerprint density at radius 1 is 0.875 bits per heavy atom. The fourth-order valence-electron chi connectivity index (χ4n) is 2.71. The van der Waals surface area contributed by atoms with Gasteiger partial charge in [-0.3, -0.25) is 4.57 Å². The van der Waals surface area contributed by atoms with E-state index in [1.54, 1.807) is 11.6 Å². The number of rotatable bonds is 3. The predicted molar refractivity (Wildman–Crippen MR) is 103 cm³/mol. The lowest BCUT2D eigenvalue weighted by Gasteiger charge is -2.17. The normalized spacial score (nSPS) is 11.5. The van der Waals surface area contributed by atoms with Crippen LogP contribution < -0.4 is 10.9 Å². The first kappa shape index (κ1) is 16.4. The van der Waals surface area contributed by atoms with Gasteiger partial charge in [-0.2, -0.15) is 4.98 Å². The molecule has 0 saturated carbocycles. The van der Waals surface area contributed by atoms with E-state index in [2.05, 4.69) is 48.9 Å². The first-order chi connectivity index (χ1) is 11.4. The third-order valence-electron chi connectivity index (χ3n) is 4.25. The molecule has 0 atom stereocenters. The molecule has 122 valence electrons. The fraction of sp³-hybridized carbons (Fsp3) is 0.200. The van der Waals surface area contributed by atoms with Crippen molar-refractivity contribution in [2.24, 2.45) is 7.05 Å². The first-order valence-corrected chi connectivity index (χ1v) is 11.6. The van der Waals surface area contributed by atoms with Crippen LogP contribution in [0.15, 0.2) is 65.5 Å². The van der Waals surface area contributed by atoms with Gasteiger partial charge in [0.25, 0.3) is 0 Å². The van der Waals surface area contributed by atoms with Crippen LogP contribution in [0.2, 0.25) is 19.6 Å². The van der Waals surface area contributed by atoms with E-state index < -0.39 is 8.07 Å². The van der Waals surface area contributed by atoms with Crippen molar-refractivity contribution >= 4 is 13.3 Å². The van der Waals surface area contributed by atoms with Crippen molar-refractivity contribution in [3.8, 4) is 22.5 Å². The standard InChI is InChI=1S/C20H22N2OSi/c1-22-19(16-10-12-17(13-11-16)24(2,3)4)14-18(21-20(22)23)15-8-6-5-7-9-15/h5-14H,1-4H3. The summed E-state index contributed by atoms with van der Waals surface area (Å²) in [4.78, 5) is 16.5. The lowest BCUT2D eigenvalue weighted by molar-refractivity contribution is 0.822. The number of hydrogen-bond acceptors (Lipinski definition) is 2. The lowest BCUT2D eigenvalue weighted by atomic mass is 10.1. The zero-order valence-electron chi connectivity index (χ0n) is 14.6. The minimum atomic E-state index is -1.33. The summed E-state index contributed by atoms with van der Waals surface area (Å²) in [7, 11) is 0.444. The summed E-state index contributed by atoms with van der Waals surface area (Å²) in [5.41, 5.74) is 3.35. The van der Waals surface area contributed by atoms with Gasteiger partial charge in [-0.05, 0) is 11.6 Å². The fourth-order valence-corrected chi connectivity index (χ4v) is 3.88. The molecule has 0 aliphatic carbocycles. The number of benzene rings is 2. The molecule has 0 saturated heterocycles. The average Bonchev–Trinajstić information content (AvgIpc) is 2.57. The molecule has 3 aromatic rings. The highest BCUT2D eigenvalue weighted by Crippen LogP contribution is 2.22. The van der Waals surface area contributed by atoms with E-state index in [1.807, 2.05) is 36.4 Å². The molecule has 0 unspecified atom stereocenters. The van der Waals surface area contributed by atoms with Crippen molar-refractivity contribution in [2.75, 3.05) is 0 Å². The monoisotopic (exact) mass is 334 g/mol. The van der Waals surface area contributed by atoms with E-state index in [9.17, 15) is 4.79 Å². The molecule has 0 bridgehead atoms. The van der Waals surface area contributed by atoms with Crippen molar-refractivity contribution in [3.05, 3.63) is 71.1 Å². The van der Waals surface area contributed by atoms with Gasteiger partial charge in [0, 0.05) is 12.6 Å². The highest BCUT2D eigenvalue weighted by atomic mass is 28.3. The van der Waals surface area contributed by atoms with Crippen molar-refractivity contribution in [3.63, 3.8) is 0 Å². The largest absolute Gasteiger partial charge is 0.348 e. The van der Waals surface area contributed by atoms with Crippen LogP contribution in [0.25, 0.3) is 22.5 Å². The topological polar surface area (TPSA) is 34.9 Å². The van der Waals surface area contributed by atoms with E-state index in [0.29, 0.717) is 5.69 Å². The van der Waals surface area contributed by atoms with Gasteiger partial charge in [-0.15, -0.1) is 0 Å². The van der Waals surface area contributed by atoms with Crippen LogP contribution in [0.3, 0.4) is 0 Å². The Labute approximate surface area is 143 Å². The Kier molecular flexibility index (Phi) is 4.24. The lowest BCUT2D eigenvalue weighted by Crippen LogP contribution is -2.37. The van der Waals surface area contributed by atoms with Crippen molar-refractivity contribution in [1.82, 2.24) is 9.55 Å². The van der Waals surface area contributed by atoms with Gasteiger partial charge in [-0.1, -0.05) is 79.4 Å². The molecule has 0 aliphatic heterocycles. The number of nitrogens with zero attached hydrogens (tertiary/aromatic N) is 2. The van der Waals surface area contributed by atoms with E-state index >= 15 is 0 Å². The molecular weight excluding hydrogens is 312 g/mol. The number of hydrogen-bond donors (Lipinski definition) is 0.